The van der Waals surface area contributed by atoms with Gasteiger partial charge in [0, 0.05) is 25.0 Å². The quantitative estimate of drug-likeness (QED) is 0.853. The summed E-state index contributed by atoms with van der Waals surface area (Å²) in [4.78, 5) is 2.39. The number of nitrogens with zero attached hydrogens (tertiary/aromatic N) is 1. The summed E-state index contributed by atoms with van der Waals surface area (Å²) in [5.41, 5.74) is 1.29. The van der Waals surface area contributed by atoms with Gasteiger partial charge < -0.3 is 9.47 Å². The summed E-state index contributed by atoms with van der Waals surface area (Å²) in [6.07, 6.45) is 0. The molecule has 0 aromatic heterocycles. The van der Waals surface area contributed by atoms with E-state index in [0.29, 0.717) is 0 Å². The average Bonchev–Trinajstić information content (AvgIpc) is 2.51. The standard InChI is InChI=1S/C17H21NO2/c1-14-6-7-17(16-5-3-2-4-15(14)16)20-13-10-18-8-11-19-12-9-18/h2-7H,8-13H2,1H3. The molecule has 0 saturated carbocycles. The third-order valence-electron chi connectivity index (χ3n) is 3.87. The van der Waals surface area contributed by atoms with Crippen LogP contribution in [0.4, 0.5) is 0 Å². The minimum atomic E-state index is 0.729. The van der Waals surface area contributed by atoms with Gasteiger partial charge in [-0.3, -0.25) is 4.90 Å². The van der Waals surface area contributed by atoms with E-state index in [1.165, 1.54) is 16.3 Å². The molecule has 0 amide bonds. The summed E-state index contributed by atoms with van der Waals surface area (Å²) in [6, 6.07) is 12.6. The molecule has 2 aromatic carbocycles. The van der Waals surface area contributed by atoms with Crippen molar-refractivity contribution in [2.45, 2.75) is 6.92 Å². The fourth-order valence-electron chi connectivity index (χ4n) is 2.66. The first kappa shape index (κ1) is 13.4. The largest absolute Gasteiger partial charge is 0.492 e. The minimum Gasteiger partial charge on any atom is -0.492 e. The number of rotatable bonds is 4. The second-order valence-corrected chi connectivity index (χ2v) is 5.23. The molecule has 1 aliphatic heterocycles. The first-order valence-corrected chi connectivity index (χ1v) is 7.26. The summed E-state index contributed by atoms with van der Waals surface area (Å²) in [7, 11) is 0. The van der Waals surface area contributed by atoms with E-state index < -0.39 is 0 Å². The zero-order chi connectivity index (χ0) is 13.8. The van der Waals surface area contributed by atoms with Crippen molar-refractivity contribution in [3.8, 4) is 5.75 Å². The van der Waals surface area contributed by atoms with Crippen molar-refractivity contribution in [3.05, 3.63) is 42.0 Å². The number of hydrogen-bond donors (Lipinski definition) is 0. The van der Waals surface area contributed by atoms with Gasteiger partial charge >= 0.3 is 0 Å². The van der Waals surface area contributed by atoms with Crippen molar-refractivity contribution in [3.63, 3.8) is 0 Å². The highest BCUT2D eigenvalue weighted by Gasteiger charge is 2.10. The fourth-order valence-corrected chi connectivity index (χ4v) is 2.66. The lowest BCUT2D eigenvalue weighted by molar-refractivity contribution is 0.0323. The lowest BCUT2D eigenvalue weighted by atomic mass is 10.1. The van der Waals surface area contributed by atoms with Crippen LogP contribution in [0, 0.1) is 6.92 Å². The molecule has 1 fully saturated rings. The topological polar surface area (TPSA) is 21.7 Å². The first-order chi connectivity index (χ1) is 9.84. The van der Waals surface area contributed by atoms with Gasteiger partial charge in [0.25, 0.3) is 0 Å². The Morgan fingerprint density at radius 1 is 1.05 bits per heavy atom. The van der Waals surface area contributed by atoms with Gasteiger partial charge in [-0.15, -0.1) is 0 Å². The molecule has 0 atom stereocenters. The Labute approximate surface area is 120 Å². The molecule has 106 valence electrons. The highest BCUT2D eigenvalue weighted by Crippen LogP contribution is 2.28. The zero-order valence-corrected chi connectivity index (χ0v) is 12.0. The maximum Gasteiger partial charge on any atom is 0.127 e. The Kier molecular flexibility index (Phi) is 4.19. The molecular formula is C17H21NO2. The second-order valence-electron chi connectivity index (χ2n) is 5.23. The van der Waals surface area contributed by atoms with Crippen LogP contribution in [0.25, 0.3) is 10.8 Å². The lowest BCUT2D eigenvalue weighted by Crippen LogP contribution is -2.38. The molecule has 3 rings (SSSR count). The Morgan fingerprint density at radius 3 is 2.60 bits per heavy atom. The van der Waals surface area contributed by atoms with Crippen molar-refractivity contribution in [1.29, 1.82) is 0 Å². The SMILES string of the molecule is Cc1ccc(OCCN2CCOCC2)c2ccccc12. The van der Waals surface area contributed by atoms with Gasteiger partial charge in [0.15, 0.2) is 0 Å². The fraction of sp³-hybridized carbons (Fsp3) is 0.412. The van der Waals surface area contributed by atoms with E-state index in [2.05, 4.69) is 48.2 Å². The van der Waals surface area contributed by atoms with E-state index >= 15 is 0 Å². The van der Waals surface area contributed by atoms with E-state index in [0.717, 1.165) is 45.2 Å². The predicted molar refractivity (Wildman–Crippen MR) is 81.4 cm³/mol. The molecule has 20 heavy (non-hydrogen) atoms. The average molecular weight is 271 g/mol. The Hall–Kier alpha value is -1.58. The molecule has 1 saturated heterocycles. The number of ether oxygens (including phenoxy) is 2. The summed E-state index contributed by atoms with van der Waals surface area (Å²) in [6.45, 7) is 7.54. The van der Waals surface area contributed by atoms with Crippen LogP contribution < -0.4 is 4.74 Å². The van der Waals surface area contributed by atoms with Crippen LogP contribution in [-0.2, 0) is 4.74 Å². The molecule has 3 nitrogen and oxygen atoms in total. The smallest absolute Gasteiger partial charge is 0.127 e. The molecule has 1 heterocycles. The van der Waals surface area contributed by atoms with Gasteiger partial charge in [-0.25, -0.2) is 0 Å². The Bertz CT molecular complexity index is 576. The number of benzene rings is 2. The molecule has 1 aliphatic rings. The Morgan fingerprint density at radius 2 is 1.80 bits per heavy atom. The normalized spacial score (nSPS) is 16.4. The zero-order valence-electron chi connectivity index (χ0n) is 12.0. The van der Waals surface area contributed by atoms with Crippen molar-refractivity contribution >= 4 is 10.8 Å². The molecule has 3 heteroatoms. The van der Waals surface area contributed by atoms with Crippen molar-refractivity contribution in [2.75, 3.05) is 39.5 Å². The highest BCUT2D eigenvalue weighted by atomic mass is 16.5. The van der Waals surface area contributed by atoms with E-state index in [1.54, 1.807) is 0 Å². The molecule has 0 bridgehead atoms. The maximum absolute atomic E-state index is 5.99. The summed E-state index contributed by atoms with van der Waals surface area (Å²) < 4.78 is 11.3. The molecule has 0 N–H and O–H groups in total. The monoisotopic (exact) mass is 271 g/mol. The van der Waals surface area contributed by atoms with E-state index in [9.17, 15) is 0 Å². The summed E-state index contributed by atoms with van der Waals surface area (Å²) >= 11 is 0. The molecular weight excluding hydrogens is 250 g/mol. The molecule has 0 aliphatic carbocycles. The van der Waals surface area contributed by atoms with Gasteiger partial charge in [-0.1, -0.05) is 30.3 Å². The van der Waals surface area contributed by atoms with Crippen molar-refractivity contribution < 1.29 is 9.47 Å². The van der Waals surface area contributed by atoms with Crippen molar-refractivity contribution in [1.82, 2.24) is 4.90 Å². The molecule has 0 radical (unpaired) electrons. The summed E-state index contributed by atoms with van der Waals surface area (Å²) in [5, 5.41) is 2.48. The van der Waals surface area contributed by atoms with Gasteiger partial charge in [0.2, 0.25) is 0 Å². The van der Waals surface area contributed by atoms with Crippen LogP contribution >= 0.6 is 0 Å². The predicted octanol–water partition coefficient (Wildman–Crippen LogP) is 2.86. The maximum atomic E-state index is 5.99. The molecule has 2 aromatic rings. The van der Waals surface area contributed by atoms with Crippen LogP contribution in [0.15, 0.2) is 36.4 Å². The van der Waals surface area contributed by atoms with E-state index in [-0.39, 0.29) is 0 Å². The van der Waals surface area contributed by atoms with Crippen LogP contribution in [0.3, 0.4) is 0 Å². The Balaban J connectivity index is 1.67. The van der Waals surface area contributed by atoms with Gasteiger partial charge in [-0.05, 0) is 23.9 Å². The van der Waals surface area contributed by atoms with Crippen molar-refractivity contribution in [2.24, 2.45) is 0 Å². The van der Waals surface area contributed by atoms with Crippen LogP contribution in [0.1, 0.15) is 5.56 Å². The number of fused-ring (bicyclic) bond motifs is 1. The molecule has 0 spiro atoms. The number of hydrogen-bond acceptors (Lipinski definition) is 3. The van der Waals surface area contributed by atoms with Gasteiger partial charge in [0.1, 0.15) is 12.4 Å². The van der Waals surface area contributed by atoms with Crippen LogP contribution in [0.5, 0.6) is 5.75 Å². The van der Waals surface area contributed by atoms with Gasteiger partial charge in [0.05, 0.1) is 13.2 Å². The number of aryl methyl sites for hydroxylation is 1. The lowest BCUT2D eigenvalue weighted by Gasteiger charge is -2.26. The second kappa shape index (κ2) is 6.25. The third-order valence-corrected chi connectivity index (χ3v) is 3.87. The number of morpholine rings is 1. The van der Waals surface area contributed by atoms with E-state index in [1.807, 2.05) is 0 Å². The third kappa shape index (κ3) is 2.94. The van der Waals surface area contributed by atoms with Crippen LogP contribution in [0.2, 0.25) is 0 Å². The first-order valence-electron chi connectivity index (χ1n) is 7.26. The molecule has 0 unspecified atom stereocenters. The van der Waals surface area contributed by atoms with E-state index in [4.69, 9.17) is 9.47 Å². The minimum absolute atomic E-state index is 0.729. The van der Waals surface area contributed by atoms with Crippen LogP contribution in [-0.4, -0.2) is 44.4 Å². The highest BCUT2D eigenvalue weighted by molar-refractivity contribution is 5.90. The summed E-state index contributed by atoms with van der Waals surface area (Å²) in [5.74, 6) is 0.986. The van der Waals surface area contributed by atoms with Gasteiger partial charge in [-0.2, -0.15) is 0 Å².